The number of carbonyl (C=O) groups is 1. The van der Waals surface area contributed by atoms with Crippen molar-refractivity contribution < 1.29 is 28.2 Å². The zero-order chi connectivity index (χ0) is 28.1. The second-order valence-corrected chi connectivity index (χ2v) is 13.2. The number of alkyl halides is 3. The molecular formula is C28H48ClF2N5O4. The van der Waals surface area contributed by atoms with Crippen LogP contribution in [0, 0.1) is 17.8 Å². The number of amides is 1. The lowest BCUT2D eigenvalue weighted by Gasteiger charge is -2.46. The fraction of sp³-hybridized carbons (Fsp3) is 0.964. The van der Waals surface area contributed by atoms with Crippen LogP contribution in [0.25, 0.3) is 0 Å². The molecule has 5 fully saturated rings. The first-order valence-corrected chi connectivity index (χ1v) is 15.8. The molecule has 5 aliphatic rings. The lowest BCUT2D eigenvalue weighted by atomic mass is 9.73. The number of nitrogens with zero attached hydrogens (tertiary/aromatic N) is 1. The van der Waals surface area contributed by atoms with Crippen LogP contribution < -0.4 is 21.3 Å². The fourth-order valence-corrected chi connectivity index (χ4v) is 7.83. The molecule has 7 unspecified atom stereocenters. The number of aliphatic hydroxyl groups is 1. The highest BCUT2D eigenvalue weighted by molar-refractivity contribution is 6.21. The van der Waals surface area contributed by atoms with Gasteiger partial charge in [-0.2, -0.15) is 0 Å². The molecule has 0 aromatic carbocycles. The van der Waals surface area contributed by atoms with Gasteiger partial charge in [0.05, 0.1) is 43.2 Å². The highest BCUT2D eigenvalue weighted by Gasteiger charge is 2.42. The van der Waals surface area contributed by atoms with Crippen LogP contribution in [0.2, 0.25) is 0 Å². The van der Waals surface area contributed by atoms with Gasteiger partial charge >= 0.3 is 0 Å². The van der Waals surface area contributed by atoms with Gasteiger partial charge in [0.1, 0.15) is 0 Å². The summed E-state index contributed by atoms with van der Waals surface area (Å²) >= 11 is 6.89. The van der Waals surface area contributed by atoms with Gasteiger partial charge in [0.25, 0.3) is 0 Å². The summed E-state index contributed by atoms with van der Waals surface area (Å²) < 4.78 is 38.7. The van der Waals surface area contributed by atoms with Crippen molar-refractivity contribution in [3.05, 3.63) is 0 Å². The Bertz CT molecular complexity index is 816. The van der Waals surface area contributed by atoms with Gasteiger partial charge in [-0.15, -0.1) is 11.6 Å². The fourth-order valence-electron chi connectivity index (χ4n) is 7.30. The molecule has 9 nitrogen and oxygen atoms in total. The normalized spacial score (nSPS) is 38.0. The maximum absolute atomic E-state index is 13.5. The van der Waals surface area contributed by atoms with Crippen molar-refractivity contribution in [1.82, 2.24) is 26.2 Å². The molecule has 0 aromatic heterocycles. The molecule has 0 spiro atoms. The summed E-state index contributed by atoms with van der Waals surface area (Å²) in [4.78, 5) is 15.2. The molecule has 1 amide bonds. The summed E-state index contributed by atoms with van der Waals surface area (Å²) in [6.45, 7) is 5.26. The SMILES string of the molecule is O=C(NC[C@H](O)CN1CCC2C(CCC(OCC3CNCO3)C2Cl)C1)C1CCNC(NC2CCC(F)(F)CC2)C1. The zero-order valence-electron chi connectivity index (χ0n) is 23.5. The van der Waals surface area contributed by atoms with E-state index in [4.69, 9.17) is 21.1 Å². The number of fused-ring (bicyclic) bond motifs is 1. The molecule has 3 aliphatic heterocycles. The Hall–Kier alpha value is -0.660. The third-order valence-electron chi connectivity index (χ3n) is 9.66. The molecule has 0 bridgehead atoms. The molecule has 2 saturated carbocycles. The van der Waals surface area contributed by atoms with Gasteiger partial charge in [-0.3, -0.25) is 15.4 Å². The van der Waals surface area contributed by atoms with Crippen LogP contribution in [0.15, 0.2) is 0 Å². The third kappa shape index (κ3) is 8.46. The molecule has 3 heterocycles. The van der Waals surface area contributed by atoms with Crippen molar-refractivity contribution in [1.29, 1.82) is 0 Å². The predicted octanol–water partition coefficient (Wildman–Crippen LogP) is 1.63. The number of piperidine rings is 2. The summed E-state index contributed by atoms with van der Waals surface area (Å²) in [6.07, 6.45) is 4.61. The summed E-state index contributed by atoms with van der Waals surface area (Å²) in [5.74, 6) is -1.81. The molecule has 2 aliphatic carbocycles. The quantitative estimate of drug-likeness (QED) is 0.244. The molecule has 8 atom stereocenters. The highest BCUT2D eigenvalue weighted by atomic mass is 35.5. The molecule has 5 rings (SSSR count). The largest absolute Gasteiger partial charge is 0.390 e. The second-order valence-electron chi connectivity index (χ2n) is 12.7. The summed E-state index contributed by atoms with van der Waals surface area (Å²) in [6, 6.07) is 0.0608. The van der Waals surface area contributed by atoms with Gasteiger partial charge < -0.3 is 30.1 Å². The van der Waals surface area contributed by atoms with Crippen LogP contribution >= 0.6 is 11.6 Å². The number of ether oxygens (including phenoxy) is 2. The van der Waals surface area contributed by atoms with Gasteiger partial charge in [0.2, 0.25) is 11.8 Å². The van der Waals surface area contributed by atoms with Crippen LogP contribution in [0.5, 0.6) is 0 Å². The van der Waals surface area contributed by atoms with Crippen LogP contribution in [-0.2, 0) is 14.3 Å². The van der Waals surface area contributed by atoms with Crippen molar-refractivity contribution in [2.75, 3.05) is 52.6 Å². The van der Waals surface area contributed by atoms with Crippen molar-refractivity contribution in [2.24, 2.45) is 17.8 Å². The molecule has 230 valence electrons. The molecule has 3 saturated heterocycles. The smallest absolute Gasteiger partial charge is 0.248 e. The van der Waals surface area contributed by atoms with E-state index in [1.807, 2.05) is 0 Å². The average molecular weight is 592 g/mol. The summed E-state index contributed by atoms with van der Waals surface area (Å²) in [5, 5.41) is 23.7. The first-order valence-electron chi connectivity index (χ1n) is 15.4. The van der Waals surface area contributed by atoms with E-state index in [2.05, 4.69) is 26.2 Å². The number of carbonyl (C=O) groups excluding carboxylic acids is 1. The third-order valence-corrected chi connectivity index (χ3v) is 10.3. The highest BCUT2D eigenvalue weighted by Crippen LogP contribution is 2.40. The van der Waals surface area contributed by atoms with Gasteiger partial charge in [-0.1, -0.05) is 0 Å². The lowest BCUT2D eigenvalue weighted by molar-refractivity contribution is -0.126. The molecule has 5 N–H and O–H groups in total. The minimum Gasteiger partial charge on any atom is -0.390 e. The number of hydrogen-bond acceptors (Lipinski definition) is 8. The van der Waals surface area contributed by atoms with Gasteiger partial charge in [-0.05, 0) is 69.9 Å². The lowest BCUT2D eigenvalue weighted by Crippen LogP contribution is -2.55. The predicted molar refractivity (Wildman–Crippen MR) is 148 cm³/mol. The second kappa shape index (κ2) is 14.2. The Labute approximate surface area is 241 Å². The number of aliphatic hydroxyl groups excluding tert-OH is 1. The van der Waals surface area contributed by atoms with Gasteiger partial charge in [0.15, 0.2) is 0 Å². The van der Waals surface area contributed by atoms with E-state index in [1.165, 1.54) is 0 Å². The van der Waals surface area contributed by atoms with E-state index in [0.717, 1.165) is 45.3 Å². The standard InChI is InChI=1S/C28H48ClF2N5O4/c29-26-23-6-10-36(14-19(23)1-2-24(26)39-16-22-13-32-17-40-22)15-21(37)12-34-27(38)18-5-9-33-25(11-18)35-20-3-7-28(30,31)8-4-20/h18-26,32-33,35,37H,1-17H2,(H,34,38)/t18?,19?,21-,22?,23?,24?,25?,26?/m0/s1. The molecule has 12 heteroatoms. The average Bonchev–Trinajstić information content (AvgIpc) is 3.46. The molecule has 0 radical (unpaired) electrons. The van der Waals surface area contributed by atoms with E-state index >= 15 is 0 Å². The van der Waals surface area contributed by atoms with E-state index < -0.39 is 12.0 Å². The van der Waals surface area contributed by atoms with Crippen molar-refractivity contribution in [3.8, 4) is 0 Å². The summed E-state index contributed by atoms with van der Waals surface area (Å²) in [7, 11) is 0. The first-order chi connectivity index (χ1) is 19.3. The minimum absolute atomic E-state index is 0.00169. The maximum Gasteiger partial charge on any atom is 0.248 e. The minimum atomic E-state index is -2.54. The van der Waals surface area contributed by atoms with Gasteiger partial charge in [0, 0.05) is 51.0 Å². The Morgan fingerprint density at radius 3 is 2.80 bits per heavy atom. The van der Waals surface area contributed by atoms with Crippen molar-refractivity contribution in [2.45, 2.75) is 99.6 Å². The maximum atomic E-state index is 13.5. The number of nitrogens with one attached hydrogen (secondary N) is 4. The molecule has 40 heavy (non-hydrogen) atoms. The van der Waals surface area contributed by atoms with Crippen LogP contribution in [-0.4, -0.2) is 110 Å². The number of hydrogen-bond donors (Lipinski definition) is 5. The van der Waals surface area contributed by atoms with E-state index in [9.17, 15) is 18.7 Å². The number of likely N-dealkylation sites (tertiary alicyclic amines) is 1. The summed E-state index contributed by atoms with van der Waals surface area (Å²) in [5.41, 5.74) is 0. The van der Waals surface area contributed by atoms with E-state index in [-0.39, 0.29) is 61.0 Å². The van der Waals surface area contributed by atoms with E-state index in [1.54, 1.807) is 0 Å². The molecular weight excluding hydrogens is 544 g/mol. The van der Waals surface area contributed by atoms with E-state index in [0.29, 0.717) is 57.5 Å². The Morgan fingerprint density at radius 2 is 2.02 bits per heavy atom. The Morgan fingerprint density at radius 1 is 1.20 bits per heavy atom. The Kier molecular flexibility index (Phi) is 10.9. The zero-order valence-corrected chi connectivity index (χ0v) is 24.2. The topological polar surface area (TPSA) is 107 Å². The first kappa shape index (κ1) is 30.8. The van der Waals surface area contributed by atoms with Crippen LogP contribution in [0.3, 0.4) is 0 Å². The number of halogens is 3. The Balaban J connectivity index is 0.981. The monoisotopic (exact) mass is 591 g/mol. The van der Waals surface area contributed by atoms with Crippen LogP contribution in [0.1, 0.15) is 57.8 Å². The van der Waals surface area contributed by atoms with Crippen molar-refractivity contribution in [3.63, 3.8) is 0 Å². The van der Waals surface area contributed by atoms with Crippen LogP contribution in [0.4, 0.5) is 8.78 Å². The molecule has 0 aromatic rings. The van der Waals surface area contributed by atoms with Gasteiger partial charge in [-0.25, -0.2) is 8.78 Å². The van der Waals surface area contributed by atoms with Crippen molar-refractivity contribution >= 4 is 17.5 Å². The number of rotatable bonds is 10. The number of β-amino-alcohol motifs (C(OH)–C–C–N with tert-alkyl or cyclic N) is 1.